The maximum Gasteiger partial charge on any atom is 0.163 e. The molecule has 3 aromatic heterocycles. The first-order valence-corrected chi connectivity index (χ1v) is 11.2. The van der Waals surface area contributed by atoms with Gasteiger partial charge in [0.05, 0.1) is 22.4 Å². The molecule has 3 aromatic carbocycles. The Morgan fingerprint density at radius 1 is 0.441 bits per heavy atom. The van der Waals surface area contributed by atoms with E-state index in [0.29, 0.717) is 17.5 Å². The zero-order valence-electron chi connectivity index (χ0n) is 18.9. The van der Waals surface area contributed by atoms with E-state index in [0.717, 1.165) is 49.9 Å². The minimum absolute atomic E-state index is 0.648. The van der Waals surface area contributed by atoms with Gasteiger partial charge in [0.1, 0.15) is 11.6 Å². The normalized spacial score (nSPS) is 11.2. The Kier molecular flexibility index (Phi) is 4.81. The summed E-state index contributed by atoms with van der Waals surface area (Å²) in [5.41, 5.74) is 6.60. The van der Waals surface area contributed by atoms with Crippen molar-refractivity contribution in [2.75, 3.05) is 0 Å². The highest BCUT2D eigenvalue weighted by atomic mass is 15.0. The molecule has 0 saturated carbocycles. The number of fused-ring (bicyclic) bond motifs is 2. The Morgan fingerprint density at radius 2 is 0.912 bits per heavy atom. The van der Waals surface area contributed by atoms with E-state index >= 15 is 0 Å². The molecule has 6 rings (SSSR count). The second-order valence-electron chi connectivity index (χ2n) is 8.33. The molecule has 0 aliphatic carbocycles. The van der Waals surface area contributed by atoms with Gasteiger partial charge in [0.15, 0.2) is 5.82 Å². The number of hydrogen-bond donors (Lipinski definition) is 0. The van der Waals surface area contributed by atoms with Crippen LogP contribution in [0.2, 0.25) is 0 Å². The fourth-order valence-corrected chi connectivity index (χ4v) is 4.25. The molecule has 0 aliphatic heterocycles. The monoisotopic (exact) mass is 439 g/mol. The van der Waals surface area contributed by atoms with Gasteiger partial charge in [-0.15, -0.1) is 0 Å². The van der Waals surface area contributed by atoms with Crippen LogP contribution in [0.1, 0.15) is 11.6 Å². The van der Waals surface area contributed by atoms with Crippen molar-refractivity contribution in [1.82, 2.24) is 24.9 Å². The Bertz CT molecular complexity index is 1570. The van der Waals surface area contributed by atoms with E-state index in [9.17, 15) is 0 Å². The lowest BCUT2D eigenvalue weighted by Gasteiger charge is -2.11. The average molecular weight is 440 g/mol. The van der Waals surface area contributed by atoms with Crippen LogP contribution < -0.4 is 0 Å². The van der Waals surface area contributed by atoms with Gasteiger partial charge >= 0.3 is 0 Å². The second kappa shape index (κ2) is 8.12. The van der Waals surface area contributed by atoms with Crippen molar-refractivity contribution in [3.8, 4) is 33.9 Å². The third-order valence-electron chi connectivity index (χ3n) is 5.84. The van der Waals surface area contributed by atoms with Crippen LogP contribution in [0.4, 0.5) is 0 Å². The summed E-state index contributed by atoms with van der Waals surface area (Å²) in [4.78, 5) is 23.4. The molecule has 3 heterocycles. The molecule has 0 saturated heterocycles. The zero-order chi connectivity index (χ0) is 23.1. The highest BCUT2D eigenvalue weighted by Gasteiger charge is 2.12. The predicted octanol–water partition coefficient (Wildman–Crippen LogP) is 6.59. The van der Waals surface area contributed by atoms with Crippen molar-refractivity contribution in [1.29, 1.82) is 0 Å². The zero-order valence-corrected chi connectivity index (χ0v) is 18.9. The lowest BCUT2D eigenvalue weighted by atomic mass is 9.99. The first-order chi connectivity index (χ1) is 16.6. The van der Waals surface area contributed by atoms with Gasteiger partial charge < -0.3 is 0 Å². The smallest absolute Gasteiger partial charge is 0.163 e. The molecule has 0 atom stereocenters. The van der Waals surface area contributed by atoms with Crippen molar-refractivity contribution in [3.63, 3.8) is 0 Å². The lowest BCUT2D eigenvalue weighted by Crippen LogP contribution is -1.99. The Hall–Kier alpha value is -4.51. The Balaban J connectivity index is 1.58. The number of para-hydroxylation sites is 2. The van der Waals surface area contributed by atoms with Crippen LogP contribution in [0.3, 0.4) is 0 Å². The Labute approximate surface area is 197 Å². The molecular formula is C29H21N5. The van der Waals surface area contributed by atoms with Crippen LogP contribution in [0.15, 0.2) is 91.0 Å². The number of rotatable bonds is 3. The van der Waals surface area contributed by atoms with E-state index < -0.39 is 0 Å². The number of hydrogen-bond acceptors (Lipinski definition) is 5. The summed E-state index contributed by atoms with van der Waals surface area (Å²) in [5, 5.41) is 2.23. The maximum atomic E-state index is 4.93. The first kappa shape index (κ1) is 20.1. The number of nitrogens with zero attached hydrogens (tertiary/aromatic N) is 5. The van der Waals surface area contributed by atoms with Gasteiger partial charge in [-0.3, -0.25) is 0 Å². The quantitative estimate of drug-likeness (QED) is 0.311. The van der Waals surface area contributed by atoms with Crippen LogP contribution >= 0.6 is 0 Å². The van der Waals surface area contributed by atoms with E-state index in [1.807, 2.05) is 50.2 Å². The minimum Gasteiger partial charge on any atom is -0.248 e. The molecule has 0 aliphatic rings. The predicted molar refractivity (Wildman–Crippen MR) is 136 cm³/mol. The average Bonchev–Trinajstić information content (AvgIpc) is 2.87. The number of aromatic nitrogens is 5. The highest BCUT2D eigenvalue weighted by molar-refractivity contribution is 5.85. The van der Waals surface area contributed by atoms with E-state index in [1.165, 1.54) is 0 Å². The van der Waals surface area contributed by atoms with Crippen LogP contribution in [0.25, 0.3) is 55.7 Å². The number of benzene rings is 3. The number of aryl methyl sites for hydroxylation is 2. The molecule has 5 heteroatoms. The van der Waals surface area contributed by atoms with Gasteiger partial charge in [-0.2, -0.15) is 0 Å². The maximum absolute atomic E-state index is 4.93. The van der Waals surface area contributed by atoms with Crippen LogP contribution in [-0.2, 0) is 0 Å². The van der Waals surface area contributed by atoms with Crippen LogP contribution in [0, 0.1) is 13.8 Å². The summed E-state index contributed by atoms with van der Waals surface area (Å²) in [6.07, 6.45) is 0. The van der Waals surface area contributed by atoms with E-state index in [-0.39, 0.29) is 0 Å². The summed E-state index contributed by atoms with van der Waals surface area (Å²) in [7, 11) is 0. The topological polar surface area (TPSA) is 64.5 Å². The molecular weight excluding hydrogens is 418 g/mol. The summed E-state index contributed by atoms with van der Waals surface area (Å²) in [5.74, 6) is 2.04. The van der Waals surface area contributed by atoms with E-state index in [4.69, 9.17) is 9.97 Å². The third kappa shape index (κ3) is 3.77. The molecule has 0 N–H and O–H groups in total. The van der Waals surface area contributed by atoms with Crippen molar-refractivity contribution >= 4 is 21.8 Å². The van der Waals surface area contributed by atoms with Gasteiger partial charge in [-0.1, -0.05) is 48.5 Å². The molecule has 0 unspecified atom stereocenters. The molecule has 162 valence electrons. The standard InChI is InChI=1S/C29H21N5/c1-18-30-19(2)32-29(31-18)24-16-22(27-13-11-20-7-3-5-9-25(20)33-27)15-23(17-24)28-14-12-21-8-4-6-10-26(21)34-28/h3-17H,1-2H3. The molecule has 0 radical (unpaired) electrons. The van der Waals surface area contributed by atoms with Crippen molar-refractivity contribution in [3.05, 3.63) is 103 Å². The van der Waals surface area contributed by atoms with Gasteiger partial charge in [0, 0.05) is 27.5 Å². The highest BCUT2D eigenvalue weighted by Crippen LogP contribution is 2.32. The molecule has 6 aromatic rings. The lowest BCUT2D eigenvalue weighted by molar-refractivity contribution is 0.928. The molecule has 34 heavy (non-hydrogen) atoms. The van der Waals surface area contributed by atoms with E-state index in [1.54, 1.807) is 0 Å². The van der Waals surface area contributed by atoms with Gasteiger partial charge in [0.25, 0.3) is 0 Å². The minimum atomic E-state index is 0.648. The third-order valence-corrected chi connectivity index (χ3v) is 5.84. The summed E-state index contributed by atoms with van der Waals surface area (Å²) in [6, 6.07) is 30.9. The van der Waals surface area contributed by atoms with Crippen molar-refractivity contribution < 1.29 is 0 Å². The summed E-state index contributed by atoms with van der Waals surface area (Å²) < 4.78 is 0. The van der Waals surface area contributed by atoms with Gasteiger partial charge in [0.2, 0.25) is 0 Å². The molecule has 0 amide bonds. The first-order valence-electron chi connectivity index (χ1n) is 11.2. The fourth-order valence-electron chi connectivity index (χ4n) is 4.25. The van der Waals surface area contributed by atoms with Gasteiger partial charge in [-0.25, -0.2) is 24.9 Å². The summed E-state index contributed by atoms with van der Waals surface area (Å²) in [6.45, 7) is 3.78. The molecule has 0 bridgehead atoms. The molecule has 5 nitrogen and oxygen atoms in total. The molecule has 0 fully saturated rings. The van der Waals surface area contributed by atoms with Crippen molar-refractivity contribution in [2.24, 2.45) is 0 Å². The van der Waals surface area contributed by atoms with Crippen LogP contribution in [-0.4, -0.2) is 24.9 Å². The fraction of sp³-hybridized carbons (Fsp3) is 0.0690. The summed E-state index contributed by atoms with van der Waals surface area (Å²) >= 11 is 0. The Morgan fingerprint density at radius 3 is 1.44 bits per heavy atom. The SMILES string of the molecule is Cc1nc(C)nc(-c2cc(-c3ccc4ccccc4n3)cc(-c3ccc4ccccc4n3)c2)n1. The van der Waals surface area contributed by atoms with E-state index in [2.05, 4.69) is 69.5 Å². The van der Waals surface area contributed by atoms with Crippen LogP contribution in [0.5, 0.6) is 0 Å². The molecule has 0 spiro atoms. The largest absolute Gasteiger partial charge is 0.248 e. The second-order valence-corrected chi connectivity index (χ2v) is 8.33. The number of pyridine rings is 2. The van der Waals surface area contributed by atoms with Gasteiger partial charge in [-0.05, 0) is 56.3 Å². The van der Waals surface area contributed by atoms with Crippen molar-refractivity contribution in [2.45, 2.75) is 13.8 Å².